The van der Waals surface area contributed by atoms with Crippen molar-refractivity contribution in [1.29, 1.82) is 0 Å². The number of nitrogens with two attached hydrogens (primary N) is 1. The lowest BCUT2D eigenvalue weighted by atomic mass is 10.2. The maximum absolute atomic E-state index is 5.39. The molecule has 0 aromatic heterocycles. The summed E-state index contributed by atoms with van der Waals surface area (Å²) in [4.78, 5) is 0. The van der Waals surface area contributed by atoms with Crippen LogP contribution in [0.5, 0.6) is 0 Å². The number of hydrogen-bond donors (Lipinski definition) is 2. The molecule has 2 nitrogen and oxygen atoms in total. The van der Waals surface area contributed by atoms with Crippen molar-refractivity contribution >= 4 is 0 Å². The van der Waals surface area contributed by atoms with Crippen molar-refractivity contribution < 1.29 is 0 Å². The van der Waals surface area contributed by atoms with E-state index in [-0.39, 0.29) is 0 Å². The Hall–Kier alpha value is -0.340. The molecule has 0 radical (unpaired) electrons. The molecule has 1 atom stereocenters. The van der Waals surface area contributed by atoms with E-state index in [1.165, 1.54) is 0 Å². The zero-order valence-electron chi connectivity index (χ0n) is 4.93. The third-order valence-corrected chi connectivity index (χ3v) is 1.34. The van der Waals surface area contributed by atoms with Crippen molar-refractivity contribution in [3.63, 3.8) is 0 Å². The van der Waals surface area contributed by atoms with Gasteiger partial charge in [-0.25, -0.2) is 0 Å². The van der Waals surface area contributed by atoms with Gasteiger partial charge in [-0.15, -0.1) is 0 Å². The minimum atomic E-state index is 0.434. The van der Waals surface area contributed by atoms with Crippen LogP contribution in [0.4, 0.5) is 0 Å². The molecule has 1 unspecified atom stereocenters. The average Bonchev–Trinajstić information content (AvgIpc) is 1.90. The zero-order chi connectivity index (χ0) is 5.82. The summed E-state index contributed by atoms with van der Waals surface area (Å²) < 4.78 is 0. The minimum absolute atomic E-state index is 0.434. The maximum atomic E-state index is 5.39. The second kappa shape index (κ2) is 2.84. The van der Waals surface area contributed by atoms with Crippen LogP contribution in [0.2, 0.25) is 0 Å². The number of nitrogens with one attached hydrogen (secondary N) is 1. The van der Waals surface area contributed by atoms with E-state index in [1.54, 1.807) is 0 Å². The van der Waals surface area contributed by atoms with Crippen LogP contribution in [0, 0.1) is 0 Å². The molecule has 8 heavy (non-hydrogen) atoms. The van der Waals surface area contributed by atoms with Gasteiger partial charge in [0.1, 0.15) is 0 Å². The summed E-state index contributed by atoms with van der Waals surface area (Å²) >= 11 is 0. The molecular formula is C6H12N2. The van der Waals surface area contributed by atoms with Gasteiger partial charge in [-0.05, 0) is 13.0 Å². The second-order valence-electron chi connectivity index (χ2n) is 2.01. The lowest BCUT2D eigenvalue weighted by Gasteiger charge is -2.15. The summed E-state index contributed by atoms with van der Waals surface area (Å²) in [5.41, 5.74) is 5.39. The average molecular weight is 112 g/mol. The first-order chi connectivity index (χ1) is 3.93. The molecule has 0 amide bonds. The molecule has 0 aliphatic carbocycles. The molecule has 2 heteroatoms. The third-order valence-electron chi connectivity index (χ3n) is 1.34. The molecule has 0 saturated carbocycles. The van der Waals surface area contributed by atoms with Crippen LogP contribution in [0.25, 0.3) is 0 Å². The molecule has 0 aromatic rings. The molecule has 0 bridgehead atoms. The van der Waals surface area contributed by atoms with Gasteiger partial charge >= 0.3 is 0 Å². The Morgan fingerprint density at radius 1 is 1.75 bits per heavy atom. The topological polar surface area (TPSA) is 38.0 Å². The molecule has 0 saturated heterocycles. The van der Waals surface area contributed by atoms with Crippen molar-refractivity contribution in [2.45, 2.75) is 12.5 Å². The highest BCUT2D eigenvalue weighted by molar-refractivity contribution is 4.98. The van der Waals surface area contributed by atoms with E-state index in [2.05, 4.69) is 17.5 Å². The van der Waals surface area contributed by atoms with Gasteiger partial charge in [0, 0.05) is 12.6 Å². The van der Waals surface area contributed by atoms with E-state index >= 15 is 0 Å². The molecule has 0 spiro atoms. The fourth-order valence-corrected chi connectivity index (χ4v) is 0.842. The highest BCUT2D eigenvalue weighted by Crippen LogP contribution is 1.93. The molecule has 3 N–H and O–H groups in total. The quantitative estimate of drug-likeness (QED) is 0.463. The van der Waals surface area contributed by atoms with E-state index < -0.39 is 0 Å². The van der Waals surface area contributed by atoms with Crippen molar-refractivity contribution in [2.24, 2.45) is 5.73 Å². The highest BCUT2D eigenvalue weighted by Gasteiger charge is 2.01. The Balaban J connectivity index is 2.32. The van der Waals surface area contributed by atoms with Gasteiger partial charge in [0.25, 0.3) is 0 Å². The van der Waals surface area contributed by atoms with Crippen LogP contribution < -0.4 is 11.1 Å². The predicted octanol–water partition coefficient (Wildman–Crippen LogP) is -0.137. The van der Waals surface area contributed by atoms with Crippen LogP contribution in [0.3, 0.4) is 0 Å². The van der Waals surface area contributed by atoms with Crippen molar-refractivity contribution in [2.75, 3.05) is 13.1 Å². The van der Waals surface area contributed by atoms with E-state index in [4.69, 9.17) is 5.73 Å². The third kappa shape index (κ3) is 1.32. The van der Waals surface area contributed by atoms with Crippen LogP contribution in [-0.2, 0) is 0 Å². The predicted molar refractivity (Wildman–Crippen MR) is 34.6 cm³/mol. The molecule has 0 fully saturated rings. The van der Waals surface area contributed by atoms with E-state index in [0.29, 0.717) is 6.04 Å². The molecule has 1 aliphatic heterocycles. The SMILES string of the molecule is NCC1C=CCCN1. The molecular weight excluding hydrogens is 100 g/mol. The molecule has 46 valence electrons. The summed E-state index contributed by atoms with van der Waals surface area (Å²) in [5, 5.41) is 3.26. The zero-order valence-corrected chi connectivity index (χ0v) is 4.93. The largest absolute Gasteiger partial charge is 0.329 e. The van der Waals surface area contributed by atoms with Gasteiger partial charge in [0.2, 0.25) is 0 Å². The van der Waals surface area contributed by atoms with Gasteiger partial charge < -0.3 is 11.1 Å². The second-order valence-corrected chi connectivity index (χ2v) is 2.01. The van der Waals surface area contributed by atoms with Crippen molar-refractivity contribution in [1.82, 2.24) is 5.32 Å². The summed E-state index contributed by atoms with van der Waals surface area (Å²) in [6.07, 6.45) is 5.45. The van der Waals surface area contributed by atoms with E-state index in [0.717, 1.165) is 19.5 Å². The van der Waals surface area contributed by atoms with Crippen molar-refractivity contribution in [3.8, 4) is 0 Å². The van der Waals surface area contributed by atoms with Crippen LogP contribution in [-0.4, -0.2) is 19.1 Å². The van der Waals surface area contributed by atoms with Crippen LogP contribution >= 0.6 is 0 Å². The molecule has 0 aromatic carbocycles. The molecule has 1 rings (SSSR count). The number of hydrogen-bond acceptors (Lipinski definition) is 2. The Morgan fingerprint density at radius 2 is 2.62 bits per heavy atom. The van der Waals surface area contributed by atoms with Gasteiger partial charge in [0.15, 0.2) is 0 Å². The van der Waals surface area contributed by atoms with E-state index in [1.807, 2.05) is 0 Å². The lowest BCUT2D eigenvalue weighted by Crippen LogP contribution is -2.36. The van der Waals surface area contributed by atoms with Crippen LogP contribution in [0.1, 0.15) is 6.42 Å². The monoisotopic (exact) mass is 112 g/mol. The van der Waals surface area contributed by atoms with Gasteiger partial charge in [-0.3, -0.25) is 0 Å². The summed E-state index contributed by atoms with van der Waals surface area (Å²) in [6.45, 7) is 1.80. The first-order valence-corrected chi connectivity index (χ1v) is 3.03. The lowest BCUT2D eigenvalue weighted by molar-refractivity contribution is 0.583. The summed E-state index contributed by atoms with van der Waals surface area (Å²) in [6, 6.07) is 0.434. The van der Waals surface area contributed by atoms with Crippen molar-refractivity contribution in [3.05, 3.63) is 12.2 Å². The Kier molecular flexibility index (Phi) is 2.06. The van der Waals surface area contributed by atoms with Gasteiger partial charge in [-0.2, -0.15) is 0 Å². The molecule has 1 heterocycles. The van der Waals surface area contributed by atoms with E-state index in [9.17, 15) is 0 Å². The Bertz CT molecular complexity index is 88.5. The first kappa shape index (κ1) is 5.79. The normalized spacial score (nSPS) is 28.4. The van der Waals surface area contributed by atoms with Gasteiger partial charge in [0.05, 0.1) is 0 Å². The van der Waals surface area contributed by atoms with Gasteiger partial charge in [-0.1, -0.05) is 12.2 Å². The fourth-order valence-electron chi connectivity index (χ4n) is 0.842. The first-order valence-electron chi connectivity index (χ1n) is 3.03. The minimum Gasteiger partial charge on any atom is -0.329 e. The Labute approximate surface area is 49.8 Å². The fraction of sp³-hybridized carbons (Fsp3) is 0.667. The van der Waals surface area contributed by atoms with Crippen LogP contribution in [0.15, 0.2) is 12.2 Å². The summed E-state index contributed by atoms with van der Waals surface area (Å²) in [5.74, 6) is 0. The number of rotatable bonds is 1. The summed E-state index contributed by atoms with van der Waals surface area (Å²) in [7, 11) is 0. The highest BCUT2D eigenvalue weighted by atomic mass is 14.9. The smallest absolute Gasteiger partial charge is 0.0373 e. The maximum Gasteiger partial charge on any atom is 0.0373 e. The Morgan fingerprint density at radius 3 is 3.00 bits per heavy atom. The standard InChI is InChI=1S/C6H12N2/c7-5-6-3-1-2-4-8-6/h1,3,6,8H,2,4-5,7H2. The molecule has 1 aliphatic rings.